The van der Waals surface area contributed by atoms with Gasteiger partial charge >= 0.3 is 6.03 Å². The van der Waals surface area contributed by atoms with Crippen LogP contribution in [0.15, 0.2) is 95.0 Å². The van der Waals surface area contributed by atoms with Gasteiger partial charge in [-0.05, 0) is 46.1 Å². The quantitative estimate of drug-likeness (QED) is 0.466. The Morgan fingerprint density at radius 3 is 2.21 bits per heavy atom. The fourth-order valence-corrected chi connectivity index (χ4v) is 3.32. The van der Waals surface area contributed by atoms with Crippen LogP contribution < -0.4 is 5.32 Å². The van der Waals surface area contributed by atoms with Crippen LogP contribution in [-0.2, 0) is 6.54 Å². The van der Waals surface area contributed by atoms with E-state index in [-0.39, 0.29) is 6.03 Å². The number of halogens is 1. The third-order valence-electron chi connectivity index (χ3n) is 4.27. The molecule has 0 heterocycles. The topological polar surface area (TPSA) is 32.3 Å². The third-order valence-corrected chi connectivity index (χ3v) is 4.96. The third kappa shape index (κ3) is 5.83. The van der Waals surface area contributed by atoms with Crippen molar-refractivity contribution in [1.82, 2.24) is 4.90 Å². The van der Waals surface area contributed by atoms with Gasteiger partial charge in [-0.1, -0.05) is 84.4 Å². The lowest BCUT2D eigenvalue weighted by Gasteiger charge is -2.24. The van der Waals surface area contributed by atoms with Crippen LogP contribution in [0.1, 0.15) is 18.1 Å². The minimum absolute atomic E-state index is 0.128. The Bertz CT molecular complexity index is 939. The molecule has 0 radical (unpaired) electrons. The number of carbonyl (C=O) groups excluding carboxylic acids is 1. The van der Waals surface area contributed by atoms with E-state index >= 15 is 0 Å². The molecule has 0 bridgehead atoms. The van der Waals surface area contributed by atoms with E-state index in [4.69, 9.17) is 0 Å². The highest BCUT2D eigenvalue weighted by molar-refractivity contribution is 9.10. The van der Waals surface area contributed by atoms with Crippen LogP contribution in [0.2, 0.25) is 0 Å². The summed E-state index contributed by atoms with van der Waals surface area (Å²) in [4.78, 5) is 14.8. The van der Waals surface area contributed by atoms with Gasteiger partial charge in [-0.15, -0.1) is 0 Å². The van der Waals surface area contributed by atoms with Crippen LogP contribution in [-0.4, -0.2) is 17.5 Å². The van der Waals surface area contributed by atoms with E-state index in [1.54, 1.807) is 0 Å². The average molecular weight is 435 g/mol. The van der Waals surface area contributed by atoms with Gasteiger partial charge in [0, 0.05) is 17.6 Å². The lowest BCUT2D eigenvalue weighted by molar-refractivity contribution is 0.214. The van der Waals surface area contributed by atoms with Gasteiger partial charge in [-0.3, -0.25) is 0 Å². The van der Waals surface area contributed by atoms with Crippen molar-refractivity contribution in [3.8, 4) is 0 Å². The molecule has 0 aromatic heterocycles. The second kappa shape index (κ2) is 9.90. The fourth-order valence-electron chi connectivity index (χ4n) is 2.94. The van der Waals surface area contributed by atoms with E-state index < -0.39 is 0 Å². The van der Waals surface area contributed by atoms with E-state index in [1.165, 1.54) is 0 Å². The molecule has 3 rings (SSSR count). The number of nitrogens with zero attached hydrogens (tertiary/aromatic N) is 1. The molecule has 0 saturated carbocycles. The molecule has 1 N–H and O–H groups in total. The van der Waals surface area contributed by atoms with Crippen molar-refractivity contribution in [3.05, 3.63) is 106 Å². The van der Waals surface area contributed by atoms with Crippen molar-refractivity contribution < 1.29 is 4.79 Å². The van der Waals surface area contributed by atoms with Crippen molar-refractivity contribution in [2.75, 3.05) is 11.9 Å². The first-order valence-electron chi connectivity index (χ1n) is 9.18. The summed E-state index contributed by atoms with van der Waals surface area (Å²) in [6.07, 6.45) is 2.11. The van der Waals surface area contributed by atoms with E-state index in [0.717, 1.165) is 26.9 Å². The van der Waals surface area contributed by atoms with Crippen molar-refractivity contribution in [1.29, 1.82) is 0 Å². The van der Waals surface area contributed by atoms with Gasteiger partial charge < -0.3 is 10.2 Å². The normalized spacial score (nSPS) is 11.1. The zero-order chi connectivity index (χ0) is 19.8. The Morgan fingerprint density at radius 2 is 1.54 bits per heavy atom. The number of urea groups is 1. The average Bonchev–Trinajstić information content (AvgIpc) is 2.71. The summed E-state index contributed by atoms with van der Waals surface area (Å²) in [5, 5.41) is 3.01. The van der Waals surface area contributed by atoms with Gasteiger partial charge in [0.1, 0.15) is 0 Å². The molecular weight excluding hydrogens is 412 g/mol. The van der Waals surface area contributed by atoms with Gasteiger partial charge in [-0.2, -0.15) is 0 Å². The highest BCUT2D eigenvalue weighted by Crippen LogP contribution is 2.22. The molecule has 0 spiro atoms. The van der Waals surface area contributed by atoms with Crippen LogP contribution in [0.5, 0.6) is 0 Å². The summed E-state index contributed by atoms with van der Waals surface area (Å²) in [5.74, 6) is 0. The number of benzene rings is 3. The lowest BCUT2D eigenvalue weighted by atomic mass is 10.1. The van der Waals surface area contributed by atoms with Gasteiger partial charge in [0.15, 0.2) is 0 Å². The van der Waals surface area contributed by atoms with E-state index in [0.29, 0.717) is 13.1 Å². The van der Waals surface area contributed by atoms with Crippen LogP contribution in [0.4, 0.5) is 10.5 Å². The molecule has 0 aliphatic carbocycles. The molecule has 4 heteroatoms. The number of para-hydroxylation sites is 1. The Labute approximate surface area is 174 Å². The summed E-state index contributed by atoms with van der Waals surface area (Å²) in [6, 6.07) is 27.7. The van der Waals surface area contributed by atoms with Crippen molar-refractivity contribution >= 4 is 33.7 Å². The monoisotopic (exact) mass is 434 g/mol. The number of anilines is 1. The second-order valence-electron chi connectivity index (χ2n) is 6.65. The Kier molecular flexibility index (Phi) is 7.04. The summed E-state index contributed by atoms with van der Waals surface area (Å²) >= 11 is 3.49. The number of nitrogens with one attached hydrogen (secondary N) is 1. The minimum Gasteiger partial charge on any atom is -0.316 e. The van der Waals surface area contributed by atoms with E-state index in [2.05, 4.69) is 46.4 Å². The molecule has 3 aromatic carbocycles. The van der Waals surface area contributed by atoms with Crippen LogP contribution in [0.25, 0.3) is 6.08 Å². The minimum atomic E-state index is -0.128. The maximum atomic E-state index is 13.0. The van der Waals surface area contributed by atoms with Gasteiger partial charge in [0.05, 0.1) is 5.69 Å². The summed E-state index contributed by atoms with van der Waals surface area (Å²) in [5.41, 5.74) is 4.10. The largest absolute Gasteiger partial charge is 0.322 e. The zero-order valence-electron chi connectivity index (χ0n) is 15.8. The first-order chi connectivity index (χ1) is 13.6. The number of amides is 2. The highest BCUT2D eigenvalue weighted by atomic mass is 79.9. The van der Waals surface area contributed by atoms with Crippen LogP contribution in [0.3, 0.4) is 0 Å². The summed E-state index contributed by atoms with van der Waals surface area (Å²) in [7, 11) is 0. The summed E-state index contributed by atoms with van der Waals surface area (Å²) in [6.45, 7) is 3.13. The van der Waals surface area contributed by atoms with E-state index in [1.807, 2.05) is 77.7 Å². The van der Waals surface area contributed by atoms with Crippen molar-refractivity contribution in [2.24, 2.45) is 0 Å². The molecule has 0 aliphatic rings. The molecule has 0 fully saturated rings. The maximum absolute atomic E-state index is 13.0. The van der Waals surface area contributed by atoms with Crippen LogP contribution in [0, 0.1) is 0 Å². The summed E-state index contributed by atoms with van der Waals surface area (Å²) < 4.78 is 0.861. The zero-order valence-corrected chi connectivity index (χ0v) is 17.4. The fraction of sp³-hybridized carbons (Fsp3) is 0.125. The molecular formula is C24H23BrN2O. The van der Waals surface area contributed by atoms with Gasteiger partial charge in [-0.25, -0.2) is 4.79 Å². The van der Waals surface area contributed by atoms with Gasteiger partial charge in [0.2, 0.25) is 0 Å². The molecule has 3 nitrogen and oxygen atoms in total. The number of hydrogen-bond acceptors (Lipinski definition) is 1. The second-order valence-corrected chi connectivity index (χ2v) is 7.51. The Hall–Kier alpha value is -2.85. The number of rotatable bonds is 6. The SMILES string of the molecule is CC(=Cc1ccccc1)CN(Cc1ccccc1)C(=O)Nc1ccccc1Br. The standard InChI is InChI=1S/C24H23BrN2O/c1-19(16-20-10-4-2-5-11-20)17-27(18-21-12-6-3-7-13-21)24(28)26-23-15-9-8-14-22(23)25/h2-16H,17-18H2,1H3,(H,26,28). The van der Waals surface area contributed by atoms with Crippen molar-refractivity contribution in [3.63, 3.8) is 0 Å². The number of carbonyl (C=O) groups is 1. The highest BCUT2D eigenvalue weighted by Gasteiger charge is 2.16. The molecule has 0 unspecified atom stereocenters. The van der Waals surface area contributed by atoms with Crippen molar-refractivity contribution in [2.45, 2.75) is 13.5 Å². The first kappa shape index (κ1) is 19.9. The van der Waals surface area contributed by atoms with Crippen LogP contribution >= 0.6 is 15.9 Å². The molecule has 28 heavy (non-hydrogen) atoms. The Balaban J connectivity index is 1.79. The molecule has 0 atom stereocenters. The molecule has 2 amide bonds. The Morgan fingerprint density at radius 1 is 0.929 bits per heavy atom. The smallest absolute Gasteiger partial charge is 0.316 e. The number of hydrogen-bond donors (Lipinski definition) is 1. The lowest BCUT2D eigenvalue weighted by Crippen LogP contribution is -2.35. The molecule has 0 saturated heterocycles. The predicted octanol–water partition coefficient (Wildman–Crippen LogP) is 6.59. The van der Waals surface area contributed by atoms with E-state index in [9.17, 15) is 4.79 Å². The predicted molar refractivity (Wildman–Crippen MR) is 120 cm³/mol. The first-order valence-corrected chi connectivity index (χ1v) is 9.98. The van der Waals surface area contributed by atoms with Gasteiger partial charge in [0.25, 0.3) is 0 Å². The molecule has 0 aliphatic heterocycles. The molecule has 142 valence electrons. The molecule has 3 aromatic rings. The maximum Gasteiger partial charge on any atom is 0.322 e.